The molecule has 0 amide bonds. The van der Waals surface area contributed by atoms with Crippen LogP contribution >= 0.6 is 11.6 Å². The molecule has 1 aliphatic rings. The Bertz CT molecular complexity index is 431. The van der Waals surface area contributed by atoms with Crippen LogP contribution in [0.3, 0.4) is 0 Å². The summed E-state index contributed by atoms with van der Waals surface area (Å²) >= 11 is 6.35. The van der Waals surface area contributed by atoms with E-state index in [1.54, 1.807) is 6.92 Å². The highest BCUT2D eigenvalue weighted by Gasteiger charge is 2.18. The minimum absolute atomic E-state index is 0.343. The van der Waals surface area contributed by atoms with E-state index >= 15 is 0 Å². The summed E-state index contributed by atoms with van der Waals surface area (Å²) < 4.78 is 0. The molecule has 1 unspecified atom stereocenters. The van der Waals surface area contributed by atoms with Crippen LogP contribution < -0.4 is 10.2 Å². The number of hydrogen-bond acceptors (Lipinski definition) is 4. The van der Waals surface area contributed by atoms with Crippen LogP contribution in [-0.2, 0) is 6.54 Å². The Labute approximate surface area is 126 Å². The monoisotopic (exact) mass is 297 g/mol. The first kappa shape index (κ1) is 15.6. The lowest BCUT2D eigenvalue weighted by molar-refractivity contribution is 0.191. The lowest BCUT2D eigenvalue weighted by Gasteiger charge is -2.35. The fourth-order valence-corrected chi connectivity index (χ4v) is 2.71. The van der Waals surface area contributed by atoms with Crippen LogP contribution in [0.1, 0.15) is 12.5 Å². The summed E-state index contributed by atoms with van der Waals surface area (Å²) in [6, 6.07) is 6.07. The average Bonchev–Trinajstić information content (AvgIpc) is 2.41. The van der Waals surface area contributed by atoms with Crippen LogP contribution in [0.5, 0.6) is 0 Å². The standard InChI is InChI=1S/C15H24ClN3O/c1-12(20)10-17-11-13-14(16)4-3-5-15(13)19-8-6-18(2)7-9-19/h3-5,12,17,20H,6-11H2,1-2H3. The third-order valence-electron chi connectivity index (χ3n) is 3.68. The zero-order chi connectivity index (χ0) is 14.5. The molecule has 4 nitrogen and oxygen atoms in total. The summed E-state index contributed by atoms with van der Waals surface area (Å²) in [5.41, 5.74) is 2.34. The van der Waals surface area contributed by atoms with Gasteiger partial charge in [-0.3, -0.25) is 0 Å². The molecule has 2 rings (SSSR count). The van der Waals surface area contributed by atoms with Crippen molar-refractivity contribution < 1.29 is 5.11 Å². The summed E-state index contributed by atoms with van der Waals surface area (Å²) in [5.74, 6) is 0. The second-order valence-electron chi connectivity index (χ2n) is 5.51. The van der Waals surface area contributed by atoms with Crippen LogP contribution in [0.25, 0.3) is 0 Å². The fraction of sp³-hybridized carbons (Fsp3) is 0.600. The molecule has 1 heterocycles. The van der Waals surface area contributed by atoms with Crippen LogP contribution in [0, 0.1) is 0 Å². The maximum absolute atomic E-state index is 9.34. The van der Waals surface area contributed by atoms with Gasteiger partial charge in [-0.15, -0.1) is 0 Å². The number of benzene rings is 1. The average molecular weight is 298 g/mol. The van der Waals surface area contributed by atoms with Crippen molar-refractivity contribution in [3.63, 3.8) is 0 Å². The van der Waals surface area contributed by atoms with Gasteiger partial charge in [0.05, 0.1) is 6.10 Å². The maximum Gasteiger partial charge on any atom is 0.0636 e. The third kappa shape index (κ3) is 4.09. The summed E-state index contributed by atoms with van der Waals surface area (Å²) in [4.78, 5) is 4.73. The van der Waals surface area contributed by atoms with Crippen molar-refractivity contribution in [3.05, 3.63) is 28.8 Å². The molecule has 0 saturated carbocycles. The first-order chi connectivity index (χ1) is 9.58. The summed E-state index contributed by atoms with van der Waals surface area (Å²) in [6.45, 7) is 7.25. The molecule has 2 N–H and O–H groups in total. The molecule has 1 saturated heterocycles. The van der Waals surface area contributed by atoms with E-state index in [4.69, 9.17) is 11.6 Å². The highest BCUT2D eigenvalue weighted by molar-refractivity contribution is 6.31. The zero-order valence-electron chi connectivity index (χ0n) is 12.3. The maximum atomic E-state index is 9.34. The molecule has 0 radical (unpaired) electrons. The van der Waals surface area contributed by atoms with Gasteiger partial charge in [-0.05, 0) is 26.1 Å². The van der Waals surface area contributed by atoms with E-state index in [0.29, 0.717) is 13.1 Å². The second-order valence-corrected chi connectivity index (χ2v) is 5.91. The van der Waals surface area contributed by atoms with Gasteiger partial charge in [0.25, 0.3) is 0 Å². The number of hydrogen-bond donors (Lipinski definition) is 2. The highest BCUT2D eigenvalue weighted by atomic mass is 35.5. The second kappa shape index (κ2) is 7.27. The van der Waals surface area contributed by atoms with Gasteiger partial charge in [0, 0.05) is 55.5 Å². The number of nitrogens with zero attached hydrogens (tertiary/aromatic N) is 2. The number of halogens is 1. The topological polar surface area (TPSA) is 38.7 Å². The van der Waals surface area contributed by atoms with E-state index in [9.17, 15) is 5.11 Å². The molecule has 1 fully saturated rings. The summed E-state index contributed by atoms with van der Waals surface area (Å²) in [6.07, 6.45) is -0.343. The minimum atomic E-state index is -0.343. The Morgan fingerprint density at radius 3 is 2.65 bits per heavy atom. The van der Waals surface area contributed by atoms with Gasteiger partial charge in [0.15, 0.2) is 0 Å². The number of piperazine rings is 1. The Morgan fingerprint density at radius 2 is 2.00 bits per heavy atom. The lowest BCUT2D eigenvalue weighted by atomic mass is 10.1. The van der Waals surface area contributed by atoms with Crippen molar-refractivity contribution >= 4 is 17.3 Å². The Balaban J connectivity index is 2.09. The number of anilines is 1. The molecule has 0 aliphatic carbocycles. The Kier molecular flexibility index (Phi) is 5.66. The van der Waals surface area contributed by atoms with Crippen molar-refractivity contribution in [2.45, 2.75) is 19.6 Å². The number of aliphatic hydroxyl groups excluding tert-OH is 1. The quantitative estimate of drug-likeness (QED) is 0.865. The van der Waals surface area contributed by atoms with Gasteiger partial charge in [-0.1, -0.05) is 17.7 Å². The highest BCUT2D eigenvalue weighted by Crippen LogP contribution is 2.28. The zero-order valence-corrected chi connectivity index (χ0v) is 13.0. The minimum Gasteiger partial charge on any atom is -0.392 e. The normalized spacial score (nSPS) is 18.3. The molecule has 1 atom stereocenters. The van der Waals surface area contributed by atoms with Crippen molar-refractivity contribution in [1.82, 2.24) is 10.2 Å². The molecular formula is C15H24ClN3O. The van der Waals surface area contributed by atoms with E-state index in [0.717, 1.165) is 36.8 Å². The number of rotatable bonds is 5. The molecular weight excluding hydrogens is 274 g/mol. The van der Waals surface area contributed by atoms with Crippen LogP contribution in [-0.4, -0.2) is 55.9 Å². The lowest BCUT2D eigenvalue weighted by Crippen LogP contribution is -2.45. The molecule has 0 bridgehead atoms. The Morgan fingerprint density at radius 1 is 1.30 bits per heavy atom. The van der Waals surface area contributed by atoms with Crippen molar-refractivity contribution in [2.75, 3.05) is 44.7 Å². The van der Waals surface area contributed by atoms with Gasteiger partial charge >= 0.3 is 0 Å². The molecule has 0 spiro atoms. The SMILES string of the molecule is CC(O)CNCc1c(Cl)cccc1N1CCN(C)CC1. The fourth-order valence-electron chi connectivity index (χ4n) is 2.47. The Hall–Kier alpha value is -0.810. The van der Waals surface area contributed by atoms with Crippen molar-refractivity contribution in [3.8, 4) is 0 Å². The van der Waals surface area contributed by atoms with Gasteiger partial charge < -0.3 is 20.2 Å². The van der Waals surface area contributed by atoms with Crippen LogP contribution in [0.15, 0.2) is 18.2 Å². The molecule has 1 aromatic rings. The number of nitrogens with one attached hydrogen (secondary N) is 1. The van der Waals surface area contributed by atoms with Gasteiger partial charge in [0.1, 0.15) is 0 Å². The van der Waals surface area contributed by atoms with E-state index in [2.05, 4.69) is 28.2 Å². The predicted octanol–water partition coefficient (Wildman–Crippen LogP) is 1.56. The molecule has 112 valence electrons. The molecule has 1 aliphatic heterocycles. The smallest absolute Gasteiger partial charge is 0.0636 e. The van der Waals surface area contributed by atoms with Crippen LogP contribution in [0.2, 0.25) is 5.02 Å². The van der Waals surface area contributed by atoms with E-state index in [-0.39, 0.29) is 6.10 Å². The molecule has 5 heteroatoms. The molecule has 1 aromatic carbocycles. The first-order valence-electron chi connectivity index (χ1n) is 7.17. The van der Waals surface area contributed by atoms with E-state index in [1.165, 1.54) is 5.69 Å². The van der Waals surface area contributed by atoms with Gasteiger partial charge in [-0.2, -0.15) is 0 Å². The molecule has 20 heavy (non-hydrogen) atoms. The predicted molar refractivity (Wildman–Crippen MR) is 84.5 cm³/mol. The van der Waals surface area contributed by atoms with Crippen molar-refractivity contribution in [1.29, 1.82) is 0 Å². The molecule has 0 aromatic heterocycles. The first-order valence-corrected chi connectivity index (χ1v) is 7.55. The van der Waals surface area contributed by atoms with E-state index < -0.39 is 0 Å². The summed E-state index contributed by atoms with van der Waals surface area (Å²) in [5, 5.41) is 13.4. The largest absolute Gasteiger partial charge is 0.392 e. The number of likely N-dealkylation sites (N-methyl/N-ethyl adjacent to an activating group) is 1. The van der Waals surface area contributed by atoms with Gasteiger partial charge in [-0.25, -0.2) is 0 Å². The van der Waals surface area contributed by atoms with E-state index in [1.807, 2.05) is 12.1 Å². The van der Waals surface area contributed by atoms with Gasteiger partial charge in [0.2, 0.25) is 0 Å². The summed E-state index contributed by atoms with van der Waals surface area (Å²) in [7, 11) is 2.15. The van der Waals surface area contributed by atoms with Crippen LogP contribution in [0.4, 0.5) is 5.69 Å². The number of aliphatic hydroxyl groups is 1. The van der Waals surface area contributed by atoms with Crippen molar-refractivity contribution in [2.24, 2.45) is 0 Å². The third-order valence-corrected chi connectivity index (χ3v) is 4.03.